The monoisotopic (exact) mass is 1210 g/mol. The lowest BCUT2D eigenvalue weighted by atomic mass is 9.83. The van der Waals surface area contributed by atoms with E-state index in [-0.39, 0.29) is 103 Å². The predicted molar refractivity (Wildman–Crippen MR) is 400 cm³/mol. The molecule has 18 aromatic carbocycles. The van der Waals surface area contributed by atoms with Gasteiger partial charge in [0.05, 0.1) is 21.9 Å². The van der Waals surface area contributed by atoms with Crippen LogP contribution in [0.1, 0.15) is 21.9 Å². The van der Waals surface area contributed by atoms with Crippen molar-refractivity contribution >= 4 is 130 Å². The molecule has 2 heterocycles. The highest BCUT2D eigenvalue weighted by molar-refractivity contribution is 6.27. The van der Waals surface area contributed by atoms with Crippen molar-refractivity contribution in [1.29, 1.82) is 0 Å². The molecule has 0 saturated carbocycles. The van der Waals surface area contributed by atoms with Crippen molar-refractivity contribution in [3.63, 3.8) is 0 Å². The topological polar surface area (TPSA) is 26.3 Å². The number of hydrogen-bond acceptors (Lipinski definition) is 2. The summed E-state index contributed by atoms with van der Waals surface area (Å²) in [6.07, 6.45) is 0. The van der Waals surface area contributed by atoms with Crippen molar-refractivity contribution in [2.45, 2.75) is 0 Å². The summed E-state index contributed by atoms with van der Waals surface area (Å²) in [6.45, 7) is 0. The molecule has 0 aliphatic rings. The molecule has 0 amide bonds. The van der Waals surface area contributed by atoms with Gasteiger partial charge in [0, 0.05) is 21.5 Å². The minimum absolute atomic E-state index is 0.163. The molecule has 0 atom stereocenters. The summed E-state index contributed by atoms with van der Waals surface area (Å²) in [5.41, 5.74) is 9.73. The molecule has 0 bridgehead atoms. The van der Waals surface area contributed by atoms with Gasteiger partial charge in [0.1, 0.15) is 22.3 Å². The molecule has 0 saturated heterocycles. The van der Waals surface area contributed by atoms with Crippen molar-refractivity contribution in [1.82, 2.24) is 0 Å². The summed E-state index contributed by atoms with van der Waals surface area (Å²) in [7, 11) is 0. The second-order valence-corrected chi connectivity index (χ2v) is 23.6. The van der Waals surface area contributed by atoms with E-state index in [9.17, 15) is 11.0 Å². The van der Waals surface area contributed by atoms with Gasteiger partial charge in [-0.25, -0.2) is 0 Å². The summed E-state index contributed by atoms with van der Waals surface area (Å²) in [4.78, 5) is 0. The van der Waals surface area contributed by atoms with Crippen LogP contribution in [-0.2, 0) is 0 Å². The van der Waals surface area contributed by atoms with E-state index in [0.717, 1.165) is 86.9 Å². The Morgan fingerprint density at radius 1 is 0.191 bits per heavy atom. The molecule has 2 aromatic heterocycles. The average molecular weight is 1210 g/mol. The van der Waals surface area contributed by atoms with Gasteiger partial charge >= 0.3 is 0 Å². The largest absolute Gasteiger partial charge is 0.456 e. The third-order valence-electron chi connectivity index (χ3n) is 18.6. The first-order valence-electron chi connectivity index (χ1n) is 39.1. The van der Waals surface area contributed by atoms with Crippen molar-refractivity contribution in [3.05, 3.63) is 339 Å². The molecule has 0 unspecified atom stereocenters. The van der Waals surface area contributed by atoms with Crippen LogP contribution in [0.25, 0.3) is 197 Å². The Morgan fingerprint density at radius 2 is 0.543 bits per heavy atom. The molecule has 0 aliphatic carbocycles. The van der Waals surface area contributed by atoms with Crippen LogP contribution in [0.2, 0.25) is 0 Å². The molecule has 0 aliphatic heterocycles. The Labute approximate surface area is 564 Å². The van der Waals surface area contributed by atoms with Crippen molar-refractivity contribution in [3.8, 4) is 66.8 Å². The van der Waals surface area contributed by atoms with Crippen LogP contribution in [-0.4, -0.2) is 0 Å². The second-order valence-electron chi connectivity index (χ2n) is 23.6. The highest BCUT2D eigenvalue weighted by Crippen LogP contribution is 2.50. The van der Waals surface area contributed by atoms with E-state index in [0.29, 0.717) is 55.7 Å². The van der Waals surface area contributed by atoms with Crippen molar-refractivity contribution in [2.75, 3.05) is 0 Å². The van der Waals surface area contributed by atoms with E-state index < -0.39 is 48.3 Å². The fourth-order valence-electron chi connectivity index (χ4n) is 14.5. The number of hydrogen-bond donors (Lipinski definition) is 0. The molecule has 20 aromatic rings. The van der Waals surface area contributed by atoms with Gasteiger partial charge in [-0.3, -0.25) is 0 Å². The molecule has 0 N–H and O–H groups in total. The third kappa shape index (κ3) is 8.51. The standard InChI is InChI=1S/2C46H28O/c1-2-12-29(13-3-1)32-25-26-40(35-17-7-6-16-34(32)35)45-38-20-10-8-18-36(38)44(37-19-9-11-21-39(37)45)31-22-24-41-43(28-31)47-42-27-23-30-14-4-5-15-33(30)46(41)42;1-2-12-29(13-3-1)33-24-25-41(35-17-7-6-16-34(33)35)46-39-20-10-8-18-37(39)45(38-19-9-11-21-40(38)46)32-22-23-36-42-26-30-14-4-5-15-31(30)27-44(42)47-43(36)28-32/h2*1-28H/i2*8D,9D,10D,11D,18D,19D,20D,21D. The Balaban J connectivity index is 0.000000149. The molecular formula is C92H56O2. The molecule has 2 nitrogen and oxygen atoms in total. The minimum Gasteiger partial charge on any atom is -0.456 e. The summed E-state index contributed by atoms with van der Waals surface area (Å²) in [5.74, 6) is 0. The second kappa shape index (κ2) is 21.7. The van der Waals surface area contributed by atoms with Gasteiger partial charge in [0.2, 0.25) is 0 Å². The van der Waals surface area contributed by atoms with E-state index in [4.69, 9.17) is 19.8 Å². The van der Waals surface area contributed by atoms with E-state index in [1.54, 1.807) is 6.07 Å². The predicted octanol–water partition coefficient (Wildman–Crippen LogP) is 26.4. The van der Waals surface area contributed by atoms with Crippen LogP contribution in [0.15, 0.2) is 348 Å². The molecule has 2 heteroatoms. The molecule has 0 radical (unpaired) electrons. The van der Waals surface area contributed by atoms with Crippen molar-refractivity contribution in [2.24, 2.45) is 0 Å². The van der Waals surface area contributed by atoms with Crippen LogP contribution in [0.3, 0.4) is 0 Å². The lowest BCUT2D eigenvalue weighted by Crippen LogP contribution is -1.92. The zero-order valence-corrected chi connectivity index (χ0v) is 49.9. The Kier molecular flexibility index (Phi) is 9.15. The van der Waals surface area contributed by atoms with Gasteiger partial charge < -0.3 is 8.83 Å². The molecular weight excluding hydrogens is 1140 g/mol. The van der Waals surface area contributed by atoms with Crippen LogP contribution < -0.4 is 0 Å². The van der Waals surface area contributed by atoms with Crippen LogP contribution >= 0.6 is 0 Å². The first kappa shape index (κ1) is 39.7. The normalized spacial score (nSPS) is 14.2. The molecule has 0 fully saturated rings. The lowest BCUT2D eigenvalue weighted by molar-refractivity contribution is 0.669. The van der Waals surface area contributed by atoms with Gasteiger partial charge in [-0.15, -0.1) is 0 Å². The van der Waals surface area contributed by atoms with Gasteiger partial charge in [-0.05, 0) is 195 Å². The number of fused-ring (bicyclic) bond motifs is 15. The highest BCUT2D eigenvalue weighted by atomic mass is 16.3. The molecule has 20 rings (SSSR count). The molecule has 436 valence electrons. The minimum atomic E-state index is -0.439. The van der Waals surface area contributed by atoms with Gasteiger partial charge in [0.15, 0.2) is 0 Å². The van der Waals surface area contributed by atoms with Gasteiger partial charge in [-0.1, -0.05) is 297 Å². The summed E-state index contributed by atoms with van der Waals surface area (Å²) >= 11 is 0. The number of rotatable bonds is 6. The Morgan fingerprint density at radius 3 is 1.02 bits per heavy atom. The third-order valence-corrected chi connectivity index (χ3v) is 18.6. The van der Waals surface area contributed by atoms with Crippen LogP contribution in [0.5, 0.6) is 0 Å². The fourth-order valence-corrected chi connectivity index (χ4v) is 14.5. The van der Waals surface area contributed by atoms with Crippen molar-refractivity contribution < 1.29 is 30.8 Å². The quantitative estimate of drug-likeness (QED) is 0.155. The van der Waals surface area contributed by atoms with Crippen LogP contribution in [0.4, 0.5) is 0 Å². The highest BCUT2D eigenvalue weighted by Gasteiger charge is 2.23. The lowest BCUT2D eigenvalue weighted by Gasteiger charge is -2.19. The zero-order valence-electron chi connectivity index (χ0n) is 65.9. The SMILES string of the molecule is [2H]c1c([2H])c([2H])c2c(-c3ccc(-c4ccccc4)c4ccccc34)c3c([2H])c([2H])c([2H])c([2H])c3c(-c3ccc4c(c3)oc3cc5ccccc5cc34)c2c1[2H].[2H]c1c([2H])c([2H])c2c(-c3ccc(-c4ccccc4)c4ccccc34)c3c([2H])c([2H])c([2H])c([2H])c3c(-c3ccc4c(c3)oc3ccc5ccccc5c34)c2c1[2H]. The summed E-state index contributed by atoms with van der Waals surface area (Å²) in [5, 5.41) is 12.4. The van der Waals surface area contributed by atoms with Gasteiger partial charge in [0.25, 0.3) is 0 Å². The maximum absolute atomic E-state index is 9.43. The first-order chi connectivity index (χ1) is 53.3. The van der Waals surface area contributed by atoms with Crippen LogP contribution in [0, 0.1) is 0 Å². The Hall–Kier alpha value is -12.4. The smallest absolute Gasteiger partial charge is 0.136 e. The fraction of sp³-hybridized carbons (Fsp3) is 0. The summed E-state index contributed by atoms with van der Waals surface area (Å²) in [6, 6.07) is 72.4. The maximum Gasteiger partial charge on any atom is 0.136 e. The van der Waals surface area contributed by atoms with Gasteiger partial charge in [-0.2, -0.15) is 0 Å². The number of benzene rings is 18. The van der Waals surface area contributed by atoms with E-state index in [1.165, 1.54) is 0 Å². The Bertz CT molecular complexity index is 7310. The zero-order chi connectivity index (χ0) is 75.7. The molecule has 0 spiro atoms. The average Bonchev–Trinajstić information content (AvgIpc) is 0.774. The van der Waals surface area contributed by atoms with E-state index >= 15 is 0 Å². The summed E-state index contributed by atoms with van der Waals surface area (Å²) < 4.78 is 159. The molecule has 94 heavy (non-hydrogen) atoms. The van der Waals surface area contributed by atoms with E-state index in [2.05, 4.69) is 6.07 Å². The maximum atomic E-state index is 9.43. The number of furan rings is 2. The van der Waals surface area contributed by atoms with E-state index in [1.807, 2.05) is 231 Å². The first-order valence-corrected chi connectivity index (χ1v) is 31.1.